The van der Waals surface area contributed by atoms with Gasteiger partial charge in [-0.1, -0.05) is 0 Å². The van der Waals surface area contributed by atoms with E-state index in [1.54, 1.807) is 0 Å². The minimum atomic E-state index is -8.54. The zero-order chi connectivity index (χ0) is 28.1. The average Bonchev–Trinajstić information content (AvgIpc) is 2.51. The highest BCUT2D eigenvalue weighted by Crippen LogP contribution is 2.62. The molecule has 24 heteroatoms. The molecule has 0 aromatic carbocycles. The van der Waals surface area contributed by atoms with Crippen LogP contribution in [0.2, 0.25) is 0 Å². The van der Waals surface area contributed by atoms with Crippen LogP contribution in [0.25, 0.3) is 0 Å². The van der Waals surface area contributed by atoms with Gasteiger partial charge < -0.3 is 0 Å². The van der Waals surface area contributed by atoms with Crippen molar-refractivity contribution in [3.63, 3.8) is 0 Å². The smallest absolute Gasteiger partial charge is 0.221 e. The molecule has 0 amide bonds. The Hall–Kier alpha value is -1.49. The summed E-state index contributed by atoms with van der Waals surface area (Å²) in [4.78, 5) is 0. The van der Waals surface area contributed by atoms with Crippen LogP contribution in [-0.4, -0.2) is 62.1 Å². The number of sulfonamides is 1. The van der Waals surface area contributed by atoms with E-state index in [9.17, 15) is 96.2 Å². The van der Waals surface area contributed by atoms with Crippen LogP contribution in [0.3, 0.4) is 0 Å². The monoisotopic (exact) mass is 569 g/mol. The topological polar surface area (TPSA) is 60.2 Å². The standard InChI is InChI=1S/C8HF17.CH2F3NO2S/c9-1(10)2(11,12)3(13,14)4(15,16)5(17,18)6(19,20)7(21,22)8(23,24)25;2-1(3,4)8(5,6)7/h1H;(H2,5,6,7). The number of halogens is 20. The molecule has 0 aliphatic rings. The van der Waals surface area contributed by atoms with Crippen LogP contribution >= 0.6 is 0 Å². The fourth-order valence-electron chi connectivity index (χ4n) is 1.12. The lowest BCUT2D eigenvalue weighted by Crippen LogP contribution is -2.73. The van der Waals surface area contributed by atoms with Gasteiger partial charge in [0.2, 0.25) is 0 Å². The summed E-state index contributed by atoms with van der Waals surface area (Å²) in [5, 5.41) is 3.66. The summed E-state index contributed by atoms with van der Waals surface area (Å²) in [6.45, 7) is 0. The highest BCUT2D eigenvalue weighted by atomic mass is 32.2. The highest BCUT2D eigenvalue weighted by Gasteiger charge is 2.94. The first-order valence-corrected chi connectivity index (χ1v) is 7.95. The number of primary sulfonamides is 1. The van der Waals surface area contributed by atoms with E-state index in [1.165, 1.54) is 0 Å². The minimum Gasteiger partial charge on any atom is -0.221 e. The van der Waals surface area contributed by atoms with Gasteiger partial charge in [-0.05, 0) is 0 Å². The molecule has 0 aliphatic carbocycles. The Bertz CT molecular complexity index is 776. The summed E-state index contributed by atoms with van der Waals surface area (Å²) in [6, 6.07) is 0. The van der Waals surface area contributed by atoms with Crippen molar-refractivity contribution >= 4 is 10.0 Å². The molecular formula is C9H3F20NO2S. The summed E-state index contributed by atoms with van der Waals surface area (Å²) in [5.74, 6) is -49.2. The normalized spacial score (nSPS) is 15.9. The molecule has 0 radical (unpaired) electrons. The minimum absolute atomic E-state index is 3.66. The molecule has 0 aromatic rings. The van der Waals surface area contributed by atoms with Gasteiger partial charge in [-0.15, -0.1) is 0 Å². The second-order valence-corrected chi connectivity index (χ2v) is 6.84. The predicted molar refractivity (Wildman–Crippen MR) is 60.9 cm³/mol. The van der Waals surface area contributed by atoms with Crippen LogP contribution < -0.4 is 5.14 Å². The second-order valence-electron chi connectivity index (χ2n) is 5.28. The van der Waals surface area contributed by atoms with E-state index in [1.807, 2.05) is 0 Å². The van der Waals surface area contributed by atoms with Crippen LogP contribution in [0.4, 0.5) is 87.8 Å². The maximum absolute atomic E-state index is 12.8. The molecular weight excluding hydrogens is 566 g/mol. The van der Waals surface area contributed by atoms with E-state index in [-0.39, 0.29) is 0 Å². The maximum atomic E-state index is 12.8. The lowest BCUT2D eigenvalue weighted by atomic mass is 9.91. The van der Waals surface area contributed by atoms with Crippen molar-refractivity contribution in [1.29, 1.82) is 0 Å². The first-order chi connectivity index (χ1) is 13.7. The quantitative estimate of drug-likeness (QED) is 0.435. The SMILES string of the molecule is FC(F)C(F)(F)C(F)(F)C(F)(F)C(F)(F)C(F)(F)C(F)(F)C(F)(F)F.NS(=O)(=O)C(F)(F)F. The molecule has 0 spiro atoms. The van der Waals surface area contributed by atoms with Gasteiger partial charge in [-0.3, -0.25) is 0 Å². The Morgan fingerprint density at radius 1 is 0.485 bits per heavy atom. The van der Waals surface area contributed by atoms with Gasteiger partial charge in [0.05, 0.1) is 0 Å². The number of rotatable bonds is 6. The van der Waals surface area contributed by atoms with E-state index >= 15 is 0 Å². The molecule has 0 bridgehead atoms. The largest absolute Gasteiger partial charge is 0.511 e. The third-order valence-electron chi connectivity index (χ3n) is 2.95. The average molecular weight is 569 g/mol. The Kier molecular flexibility index (Phi) is 8.80. The van der Waals surface area contributed by atoms with E-state index in [2.05, 4.69) is 5.14 Å². The zero-order valence-electron chi connectivity index (χ0n) is 13.9. The van der Waals surface area contributed by atoms with Crippen LogP contribution in [-0.2, 0) is 10.0 Å². The van der Waals surface area contributed by atoms with Crippen LogP contribution in [0.15, 0.2) is 0 Å². The van der Waals surface area contributed by atoms with Crippen molar-refractivity contribution in [2.45, 2.75) is 53.6 Å². The Morgan fingerprint density at radius 3 is 0.879 bits per heavy atom. The van der Waals surface area contributed by atoms with Crippen LogP contribution in [0.1, 0.15) is 0 Å². The molecule has 0 aromatic heterocycles. The van der Waals surface area contributed by atoms with E-state index in [4.69, 9.17) is 0 Å². The molecule has 0 aliphatic heterocycles. The van der Waals surface area contributed by atoms with Crippen molar-refractivity contribution in [2.75, 3.05) is 0 Å². The predicted octanol–water partition coefficient (Wildman–Crippen LogP) is 5.42. The fraction of sp³-hybridized carbons (Fsp3) is 1.00. The molecule has 0 saturated heterocycles. The summed E-state index contributed by atoms with van der Waals surface area (Å²) < 4.78 is 260. The molecule has 3 nitrogen and oxygen atoms in total. The van der Waals surface area contributed by atoms with Crippen molar-refractivity contribution < 1.29 is 96.2 Å². The van der Waals surface area contributed by atoms with Gasteiger partial charge in [0, 0.05) is 0 Å². The van der Waals surface area contributed by atoms with Crippen molar-refractivity contribution in [1.82, 2.24) is 0 Å². The van der Waals surface area contributed by atoms with Gasteiger partial charge in [0.25, 0.3) is 0 Å². The van der Waals surface area contributed by atoms with E-state index < -0.39 is 63.7 Å². The molecule has 202 valence electrons. The van der Waals surface area contributed by atoms with Crippen molar-refractivity contribution in [2.24, 2.45) is 5.14 Å². The maximum Gasteiger partial charge on any atom is 0.511 e. The molecule has 0 atom stereocenters. The fourth-order valence-corrected chi connectivity index (χ4v) is 1.12. The van der Waals surface area contributed by atoms with Gasteiger partial charge >= 0.3 is 63.7 Å². The molecule has 0 unspecified atom stereocenters. The van der Waals surface area contributed by atoms with E-state index in [0.29, 0.717) is 0 Å². The number of hydrogen-bond donors (Lipinski definition) is 1. The lowest BCUT2D eigenvalue weighted by molar-refractivity contribution is -0.456. The molecule has 0 saturated carbocycles. The van der Waals surface area contributed by atoms with Gasteiger partial charge in [-0.2, -0.15) is 79.0 Å². The van der Waals surface area contributed by atoms with Crippen molar-refractivity contribution in [3.05, 3.63) is 0 Å². The molecule has 0 heterocycles. The number of nitrogens with two attached hydrogens (primary N) is 1. The zero-order valence-corrected chi connectivity index (χ0v) is 14.8. The summed E-state index contributed by atoms with van der Waals surface area (Å²) in [6.07, 6.45) is -13.6. The third kappa shape index (κ3) is 5.44. The summed E-state index contributed by atoms with van der Waals surface area (Å²) >= 11 is 0. The molecule has 2 N–H and O–H groups in total. The molecule has 33 heavy (non-hydrogen) atoms. The van der Waals surface area contributed by atoms with Gasteiger partial charge in [-0.25, -0.2) is 22.3 Å². The highest BCUT2D eigenvalue weighted by molar-refractivity contribution is 7.90. The Morgan fingerprint density at radius 2 is 0.697 bits per heavy atom. The van der Waals surface area contributed by atoms with E-state index in [0.717, 1.165) is 0 Å². The first-order valence-electron chi connectivity index (χ1n) is 6.40. The Balaban J connectivity index is 0. The number of hydrogen-bond acceptors (Lipinski definition) is 2. The van der Waals surface area contributed by atoms with Gasteiger partial charge in [0.1, 0.15) is 0 Å². The molecule has 0 fully saturated rings. The van der Waals surface area contributed by atoms with Crippen molar-refractivity contribution in [3.8, 4) is 0 Å². The second kappa shape index (κ2) is 8.62. The van der Waals surface area contributed by atoms with Crippen LogP contribution in [0.5, 0.6) is 0 Å². The Labute approximate surface area is 166 Å². The first kappa shape index (κ1) is 33.7. The summed E-state index contributed by atoms with van der Waals surface area (Å²) in [7, 11) is -5.34. The van der Waals surface area contributed by atoms with Crippen LogP contribution in [0, 0.1) is 0 Å². The van der Waals surface area contributed by atoms with Gasteiger partial charge in [0.15, 0.2) is 0 Å². The number of alkyl halides is 20. The lowest BCUT2D eigenvalue weighted by Gasteiger charge is -2.41. The summed E-state index contributed by atoms with van der Waals surface area (Å²) in [5.41, 5.74) is -5.31. The third-order valence-corrected chi connectivity index (χ3v) is 3.59. The molecule has 0 rings (SSSR count).